The van der Waals surface area contributed by atoms with Crippen LogP contribution in [0.15, 0.2) is 61.2 Å². The summed E-state index contributed by atoms with van der Waals surface area (Å²) in [6.07, 6.45) is 4.03. The molecule has 4 nitrogen and oxygen atoms in total. The highest BCUT2D eigenvalue weighted by Gasteiger charge is 2.41. The molecule has 0 aliphatic carbocycles. The standard InChI is InChI=1S/C26H34N2O2/c1-5-17-27-18-11-16-26(20-27,21-12-10-13-22(19-21)30-4)24-15-9-8-14-23(24)25(29)28(6-2)7-3/h5,8-10,12-15,19H,1,6-7,11,16-18,20H2,2-4H3. The molecule has 1 atom stereocenters. The van der Waals surface area contributed by atoms with Gasteiger partial charge < -0.3 is 9.64 Å². The lowest BCUT2D eigenvalue weighted by Gasteiger charge is -2.44. The number of likely N-dealkylation sites (tertiary alicyclic amines) is 1. The fourth-order valence-electron chi connectivity index (χ4n) is 4.78. The Kier molecular flexibility index (Phi) is 7.33. The van der Waals surface area contributed by atoms with Gasteiger partial charge in [0.1, 0.15) is 5.75 Å². The number of amides is 1. The largest absolute Gasteiger partial charge is 0.497 e. The smallest absolute Gasteiger partial charge is 0.254 e. The van der Waals surface area contributed by atoms with Crippen LogP contribution in [0, 0.1) is 0 Å². The minimum absolute atomic E-state index is 0.110. The predicted octanol–water partition coefficient (Wildman–Crippen LogP) is 4.75. The van der Waals surface area contributed by atoms with Crippen molar-refractivity contribution in [1.82, 2.24) is 9.80 Å². The fraction of sp³-hybridized carbons (Fsp3) is 0.423. The highest BCUT2D eigenvalue weighted by molar-refractivity contribution is 5.96. The normalized spacial score (nSPS) is 19.3. The van der Waals surface area contributed by atoms with Gasteiger partial charge in [0.15, 0.2) is 0 Å². The number of carbonyl (C=O) groups is 1. The van der Waals surface area contributed by atoms with Crippen LogP contribution in [0.5, 0.6) is 5.75 Å². The number of benzene rings is 2. The molecule has 4 heteroatoms. The van der Waals surface area contributed by atoms with E-state index in [1.807, 2.05) is 43.0 Å². The monoisotopic (exact) mass is 406 g/mol. The van der Waals surface area contributed by atoms with Crippen LogP contribution in [0.25, 0.3) is 0 Å². The lowest BCUT2D eigenvalue weighted by Crippen LogP contribution is -2.48. The average Bonchev–Trinajstić information content (AvgIpc) is 2.80. The van der Waals surface area contributed by atoms with Crippen molar-refractivity contribution in [3.05, 3.63) is 77.9 Å². The van der Waals surface area contributed by atoms with E-state index in [4.69, 9.17) is 4.74 Å². The first-order valence-corrected chi connectivity index (χ1v) is 11.0. The zero-order valence-electron chi connectivity index (χ0n) is 18.6. The number of carbonyl (C=O) groups excluding carboxylic acids is 1. The number of methoxy groups -OCH3 is 1. The first kappa shape index (κ1) is 22.1. The van der Waals surface area contributed by atoms with Gasteiger partial charge in [-0.3, -0.25) is 9.69 Å². The molecule has 1 aliphatic rings. The topological polar surface area (TPSA) is 32.8 Å². The maximum Gasteiger partial charge on any atom is 0.254 e. The summed E-state index contributed by atoms with van der Waals surface area (Å²) in [4.78, 5) is 17.8. The van der Waals surface area contributed by atoms with E-state index in [2.05, 4.69) is 41.8 Å². The second kappa shape index (κ2) is 9.94. The third-order valence-corrected chi connectivity index (χ3v) is 6.30. The van der Waals surface area contributed by atoms with Crippen molar-refractivity contribution < 1.29 is 9.53 Å². The minimum Gasteiger partial charge on any atom is -0.497 e. The van der Waals surface area contributed by atoms with Crippen LogP contribution in [0.1, 0.15) is 48.2 Å². The van der Waals surface area contributed by atoms with Gasteiger partial charge >= 0.3 is 0 Å². The van der Waals surface area contributed by atoms with Gasteiger partial charge in [0.05, 0.1) is 7.11 Å². The van der Waals surface area contributed by atoms with E-state index in [-0.39, 0.29) is 11.3 Å². The first-order valence-electron chi connectivity index (χ1n) is 11.0. The van der Waals surface area contributed by atoms with E-state index in [0.717, 1.165) is 49.4 Å². The molecular formula is C26H34N2O2. The van der Waals surface area contributed by atoms with Crippen LogP contribution in [0.2, 0.25) is 0 Å². The molecule has 2 aromatic rings. The molecule has 30 heavy (non-hydrogen) atoms. The van der Waals surface area contributed by atoms with Gasteiger partial charge in [-0.25, -0.2) is 0 Å². The first-order chi connectivity index (χ1) is 14.6. The zero-order chi connectivity index (χ0) is 21.6. The average molecular weight is 407 g/mol. The van der Waals surface area contributed by atoms with E-state index in [9.17, 15) is 4.79 Å². The predicted molar refractivity (Wildman–Crippen MR) is 123 cm³/mol. The highest BCUT2D eigenvalue weighted by atomic mass is 16.5. The maximum atomic E-state index is 13.4. The lowest BCUT2D eigenvalue weighted by molar-refractivity contribution is 0.0768. The van der Waals surface area contributed by atoms with Crippen molar-refractivity contribution in [2.24, 2.45) is 0 Å². The van der Waals surface area contributed by atoms with Gasteiger partial charge in [0.2, 0.25) is 0 Å². The summed E-state index contributed by atoms with van der Waals surface area (Å²) in [5, 5.41) is 0. The Bertz CT molecular complexity index is 875. The van der Waals surface area contributed by atoms with Crippen molar-refractivity contribution in [2.45, 2.75) is 32.1 Å². The molecule has 1 fully saturated rings. The summed E-state index contributed by atoms with van der Waals surface area (Å²) in [7, 11) is 1.70. The summed E-state index contributed by atoms with van der Waals surface area (Å²) < 4.78 is 5.55. The van der Waals surface area contributed by atoms with Crippen LogP contribution in [-0.4, -0.2) is 55.5 Å². The second-order valence-corrected chi connectivity index (χ2v) is 7.96. The van der Waals surface area contributed by atoms with Crippen molar-refractivity contribution in [3.8, 4) is 5.75 Å². The number of hydrogen-bond donors (Lipinski definition) is 0. The zero-order valence-corrected chi connectivity index (χ0v) is 18.6. The molecule has 2 aromatic carbocycles. The van der Waals surface area contributed by atoms with E-state index < -0.39 is 0 Å². The summed E-state index contributed by atoms with van der Waals surface area (Å²) in [5.41, 5.74) is 2.86. The second-order valence-electron chi connectivity index (χ2n) is 7.96. The van der Waals surface area contributed by atoms with Crippen LogP contribution >= 0.6 is 0 Å². The van der Waals surface area contributed by atoms with Crippen molar-refractivity contribution in [2.75, 3.05) is 39.8 Å². The Morgan fingerprint density at radius 1 is 1.20 bits per heavy atom. The van der Waals surface area contributed by atoms with Gasteiger partial charge in [0.25, 0.3) is 5.91 Å². The Hall–Kier alpha value is -2.59. The summed E-state index contributed by atoms with van der Waals surface area (Å²) in [5.74, 6) is 0.957. The Morgan fingerprint density at radius 3 is 2.67 bits per heavy atom. The fourth-order valence-corrected chi connectivity index (χ4v) is 4.78. The quantitative estimate of drug-likeness (QED) is 0.594. The van der Waals surface area contributed by atoms with Gasteiger partial charge in [-0.15, -0.1) is 6.58 Å². The lowest BCUT2D eigenvalue weighted by atomic mass is 9.67. The van der Waals surface area contributed by atoms with Gasteiger partial charge in [0, 0.05) is 37.2 Å². The summed E-state index contributed by atoms with van der Waals surface area (Å²) >= 11 is 0. The van der Waals surface area contributed by atoms with E-state index in [1.54, 1.807) is 7.11 Å². The molecule has 0 bridgehead atoms. The van der Waals surface area contributed by atoms with Gasteiger partial charge in [-0.2, -0.15) is 0 Å². The maximum absolute atomic E-state index is 13.4. The van der Waals surface area contributed by atoms with Crippen LogP contribution in [0.4, 0.5) is 0 Å². The number of rotatable bonds is 8. The number of hydrogen-bond acceptors (Lipinski definition) is 3. The van der Waals surface area contributed by atoms with E-state index in [0.29, 0.717) is 13.1 Å². The Labute approximate surface area is 181 Å². The van der Waals surface area contributed by atoms with Gasteiger partial charge in [-0.05, 0) is 62.6 Å². The molecule has 0 saturated carbocycles. The van der Waals surface area contributed by atoms with Crippen molar-refractivity contribution in [1.29, 1.82) is 0 Å². The molecule has 1 unspecified atom stereocenters. The highest BCUT2D eigenvalue weighted by Crippen LogP contribution is 2.43. The molecule has 1 aliphatic heterocycles. The van der Waals surface area contributed by atoms with Crippen molar-refractivity contribution in [3.63, 3.8) is 0 Å². The Morgan fingerprint density at radius 2 is 1.97 bits per heavy atom. The Balaban J connectivity index is 2.19. The van der Waals surface area contributed by atoms with E-state index >= 15 is 0 Å². The minimum atomic E-state index is -0.269. The van der Waals surface area contributed by atoms with Crippen LogP contribution in [0.3, 0.4) is 0 Å². The molecular weight excluding hydrogens is 372 g/mol. The molecule has 160 valence electrons. The molecule has 1 amide bonds. The number of ether oxygens (including phenoxy) is 1. The molecule has 0 N–H and O–H groups in total. The molecule has 1 saturated heterocycles. The summed E-state index contributed by atoms with van der Waals surface area (Å²) in [6.45, 7) is 12.2. The number of piperidine rings is 1. The molecule has 0 radical (unpaired) electrons. The van der Waals surface area contributed by atoms with Crippen LogP contribution in [-0.2, 0) is 5.41 Å². The third-order valence-electron chi connectivity index (χ3n) is 6.30. The SMILES string of the molecule is C=CCN1CCCC(c2cccc(OC)c2)(c2ccccc2C(=O)N(CC)CC)C1. The van der Waals surface area contributed by atoms with E-state index in [1.165, 1.54) is 5.56 Å². The third kappa shape index (κ3) is 4.29. The van der Waals surface area contributed by atoms with Crippen LogP contribution < -0.4 is 4.74 Å². The molecule has 0 aromatic heterocycles. The van der Waals surface area contributed by atoms with Crippen molar-refractivity contribution >= 4 is 5.91 Å². The van der Waals surface area contributed by atoms with Gasteiger partial charge in [-0.1, -0.05) is 36.4 Å². The molecule has 1 heterocycles. The molecule has 0 spiro atoms. The molecule has 3 rings (SSSR count). The summed E-state index contributed by atoms with van der Waals surface area (Å²) in [6, 6.07) is 16.5. The number of nitrogens with zero attached hydrogens (tertiary/aromatic N) is 2.